The van der Waals surface area contributed by atoms with Crippen molar-refractivity contribution in [3.63, 3.8) is 0 Å². The van der Waals surface area contributed by atoms with Crippen LogP contribution < -0.4 is 10.6 Å². The molecule has 5 nitrogen and oxygen atoms in total. The van der Waals surface area contributed by atoms with Crippen LogP contribution in [0.2, 0.25) is 0 Å². The van der Waals surface area contributed by atoms with Gasteiger partial charge < -0.3 is 10.6 Å². The molecule has 8 heteroatoms. The van der Waals surface area contributed by atoms with Crippen LogP contribution >= 0.6 is 0 Å². The summed E-state index contributed by atoms with van der Waals surface area (Å²) in [7, 11) is 1.48. The first-order valence-electron chi connectivity index (χ1n) is 7.55. The fourth-order valence-corrected chi connectivity index (χ4v) is 2.10. The number of rotatable bonds is 4. The summed E-state index contributed by atoms with van der Waals surface area (Å²) in [5, 5.41) is 4.87. The molecule has 0 radical (unpaired) electrons. The average molecular weight is 363 g/mol. The summed E-state index contributed by atoms with van der Waals surface area (Å²) in [5.41, 5.74) is 0.561. The largest absolute Gasteiger partial charge is 0.416 e. The van der Waals surface area contributed by atoms with E-state index in [1.165, 1.54) is 37.7 Å². The van der Waals surface area contributed by atoms with Crippen LogP contribution in [0.15, 0.2) is 42.7 Å². The minimum atomic E-state index is -4.49. The molecular formula is C18H16F3N3O2. The van der Waals surface area contributed by atoms with Crippen LogP contribution in [-0.4, -0.2) is 23.8 Å². The third kappa shape index (κ3) is 4.92. The molecule has 2 amide bonds. The molecule has 2 N–H and O–H groups in total. The van der Waals surface area contributed by atoms with Gasteiger partial charge in [-0.05, 0) is 42.3 Å². The van der Waals surface area contributed by atoms with E-state index in [9.17, 15) is 22.8 Å². The van der Waals surface area contributed by atoms with E-state index in [0.29, 0.717) is 16.7 Å². The Hall–Kier alpha value is -3.16. The second kappa shape index (κ2) is 7.81. The second-order valence-electron chi connectivity index (χ2n) is 5.44. The number of pyridine rings is 1. The quantitative estimate of drug-likeness (QED) is 0.818. The molecule has 0 fully saturated rings. The van der Waals surface area contributed by atoms with Crippen molar-refractivity contribution in [1.82, 2.24) is 10.3 Å². The second-order valence-corrected chi connectivity index (χ2v) is 5.44. The summed E-state index contributed by atoms with van der Waals surface area (Å²) in [6.07, 6.45) is 0.908. The SMILES string of the molecule is CNC(=O)c1cncc(/C=C/C(=O)Nc2cc(C(F)(F)F)ccc2C)c1. The Labute approximate surface area is 147 Å². The minimum Gasteiger partial charge on any atom is -0.355 e. The van der Waals surface area contributed by atoms with E-state index in [1.807, 2.05) is 0 Å². The van der Waals surface area contributed by atoms with Crippen molar-refractivity contribution in [2.45, 2.75) is 13.1 Å². The third-order valence-electron chi connectivity index (χ3n) is 3.50. The standard InChI is InChI=1S/C18H16F3N3O2/c1-11-3-5-14(18(19,20)21)8-15(11)24-16(25)6-4-12-7-13(10-23-9-12)17(26)22-2/h3-10H,1-2H3,(H,22,26)(H,24,25)/b6-4+. The zero-order valence-corrected chi connectivity index (χ0v) is 14.0. The summed E-state index contributed by atoms with van der Waals surface area (Å²) >= 11 is 0. The Morgan fingerprint density at radius 2 is 1.88 bits per heavy atom. The number of halogens is 3. The van der Waals surface area contributed by atoms with Gasteiger partial charge in [-0.15, -0.1) is 0 Å². The zero-order chi connectivity index (χ0) is 19.3. The number of nitrogens with zero attached hydrogens (tertiary/aromatic N) is 1. The molecule has 0 saturated heterocycles. The average Bonchev–Trinajstić information content (AvgIpc) is 2.60. The van der Waals surface area contributed by atoms with Gasteiger partial charge in [-0.1, -0.05) is 6.07 Å². The van der Waals surface area contributed by atoms with Gasteiger partial charge in [0.25, 0.3) is 5.91 Å². The van der Waals surface area contributed by atoms with Crippen LogP contribution in [-0.2, 0) is 11.0 Å². The van der Waals surface area contributed by atoms with Gasteiger partial charge in [0.2, 0.25) is 5.91 Å². The number of hydrogen-bond acceptors (Lipinski definition) is 3. The van der Waals surface area contributed by atoms with E-state index in [0.717, 1.165) is 18.2 Å². The third-order valence-corrected chi connectivity index (χ3v) is 3.50. The first-order valence-corrected chi connectivity index (χ1v) is 7.55. The van der Waals surface area contributed by atoms with E-state index in [2.05, 4.69) is 15.6 Å². The monoisotopic (exact) mass is 363 g/mol. The lowest BCUT2D eigenvalue weighted by molar-refractivity contribution is -0.137. The van der Waals surface area contributed by atoms with E-state index in [1.54, 1.807) is 6.92 Å². The molecular weight excluding hydrogens is 347 g/mol. The number of hydrogen-bond donors (Lipinski definition) is 2. The Morgan fingerprint density at radius 3 is 2.54 bits per heavy atom. The molecule has 0 spiro atoms. The Morgan fingerprint density at radius 1 is 1.15 bits per heavy atom. The summed E-state index contributed by atoms with van der Waals surface area (Å²) in [6.45, 7) is 1.59. The highest BCUT2D eigenvalue weighted by atomic mass is 19.4. The van der Waals surface area contributed by atoms with Crippen molar-refractivity contribution in [2.75, 3.05) is 12.4 Å². The molecule has 0 aliphatic rings. The summed E-state index contributed by atoms with van der Waals surface area (Å²) in [6, 6.07) is 4.66. The number of amides is 2. The Kier molecular flexibility index (Phi) is 5.76. The maximum Gasteiger partial charge on any atom is 0.416 e. The molecule has 2 rings (SSSR count). The van der Waals surface area contributed by atoms with Crippen LogP contribution in [0.3, 0.4) is 0 Å². The van der Waals surface area contributed by atoms with Crippen LogP contribution in [0.1, 0.15) is 27.0 Å². The molecule has 0 bridgehead atoms. The zero-order valence-electron chi connectivity index (χ0n) is 14.0. The lowest BCUT2D eigenvalue weighted by atomic mass is 10.1. The number of benzene rings is 1. The van der Waals surface area contributed by atoms with E-state index >= 15 is 0 Å². The lowest BCUT2D eigenvalue weighted by Gasteiger charge is -2.11. The molecule has 136 valence electrons. The number of carbonyl (C=O) groups is 2. The van der Waals surface area contributed by atoms with Gasteiger partial charge >= 0.3 is 6.18 Å². The highest BCUT2D eigenvalue weighted by Crippen LogP contribution is 2.32. The molecule has 1 aromatic carbocycles. The van der Waals surface area contributed by atoms with E-state index < -0.39 is 17.6 Å². The van der Waals surface area contributed by atoms with Gasteiger partial charge in [-0.3, -0.25) is 14.6 Å². The van der Waals surface area contributed by atoms with Crippen molar-refractivity contribution in [1.29, 1.82) is 0 Å². The molecule has 0 unspecified atom stereocenters. The van der Waals surface area contributed by atoms with Gasteiger partial charge in [0.05, 0.1) is 11.1 Å². The normalized spacial score (nSPS) is 11.4. The lowest BCUT2D eigenvalue weighted by Crippen LogP contribution is -2.17. The first kappa shape index (κ1) is 19.2. The maximum absolute atomic E-state index is 12.8. The van der Waals surface area contributed by atoms with Crippen LogP contribution in [0.5, 0.6) is 0 Å². The van der Waals surface area contributed by atoms with Crippen molar-refractivity contribution >= 4 is 23.6 Å². The number of aromatic nitrogens is 1. The number of nitrogens with one attached hydrogen (secondary N) is 2. The summed E-state index contributed by atoms with van der Waals surface area (Å²) in [5.74, 6) is -0.922. The van der Waals surface area contributed by atoms with Crippen LogP contribution in [0.25, 0.3) is 6.08 Å². The number of alkyl halides is 3. The van der Waals surface area contributed by atoms with Gasteiger partial charge in [0, 0.05) is 31.2 Å². The van der Waals surface area contributed by atoms with Crippen molar-refractivity contribution in [3.05, 3.63) is 65.0 Å². The van der Waals surface area contributed by atoms with Crippen LogP contribution in [0.4, 0.5) is 18.9 Å². The first-order chi connectivity index (χ1) is 12.2. The van der Waals surface area contributed by atoms with Crippen molar-refractivity contribution < 1.29 is 22.8 Å². The number of anilines is 1. The fraction of sp³-hybridized carbons (Fsp3) is 0.167. The maximum atomic E-state index is 12.8. The molecule has 2 aromatic rings. The van der Waals surface area contributed by atoms with E-state index in [-0.39, 0.29) is 11.6 Å². The molecule has 0 atom stereocenters. The molecule has 0 aliphatic heterocycles. The van der Waals surface area contributed by atoms with Crippen molar-refractivity contribution in [2.24, 2.45) is 0 Å². The van der Waals surface area contributed by atoms with E-state index in [4.69, 9.17) is 0 Å². The van der Waals surface area contributed by atoms with Crippen molar-refractivity contribution in [3.8, 4) is 0 Å². The van der Waals surface area contributed by atoms with Crippen LogP contribution in [0, 0.1) is 6.92 Å². The molecule has 0 saturated carbocycles. The number of carbonyl (C=O) groups excluding carboxylic acids is 2. The molecule has 26 heavy (non-hydrogen) atoms. The topological polar surface area (TPSA) is 71.1 Å². The fourth-order valence-electron chi connectivity index (χ4n) is 2.10. The Balaban J connectivity index is 2.14. The summed E-state index contributed by atoms with van der Waals surface area (Å²) in [4.78, 5) is 27.4. The summed E-state index contributed by atoms with van der Waals surface area (Å²) < 4.78 is 38.3. The number of aryl methyl sites for hydroxylation is 1. The molecule has 0 aliphatic carbocycles. The smallest absolute Gasteiger partial charge is 0.355 e. The molecule has 1 aromatic heterocycles. The van der Waals surface area contributed by atoms with Gasteiger partial charge in [0.15, 0.2) is 0 Å². The van der Waals surface area contributed by atoms with Gasteiger partial charge in [-0.2, -0.15) is 13.2 Å². The van der Waals surface area contributed by atoms with Gasteiger partial charge in [0.1, 0.15) is 0 Å². The molecule has 1 heterocycles. The highest BCUT2D eigenvalue weighted by molar-refractivity contribution is 6.02. The highest BCUT2D eigenvalue weighted by Gasteiger charge is 2.30. The predicted molar refractivity (Wildman–Crippen MR) is 91.5 cm³/mol. The Bertz CT molecular complexity index is 861. The predicted octanol–water partition coefficient (Wildman–Crippen LogP) is 3.42. The minimum absolute atomic E-state index is 0.0757. The van der Waals surface area contributed by atoms with Gasteiger partial charge in [-0.25, -0.2) is 0 Å².